The summed E-state index contributed by atoms with van der Waals surface area (Å²) in [6.07, 6.45) is 3.55. The molecular weight excluding hydrogens is 482 g/mol. The lowest BCUT2D eigenvalue weighted by atomic mass is 10.3. The molecule has 2 aromatic heterocycles. The number of piperazine rings is 1. The number of nitrogens with zero attached hydrogens (tertiary/aromatic N) is 5. The van der Waals surface area contributed by atoms with E-state index in [0.717, 1.165) is 31.1 Å². The molecule has 1 fully saturated rings. The highest BCUT2D eigenvalue weighted by Gasteiger charge is 2.24. The molecular formula is C21H26ClN7O2S2. The molecule has 0 aliphatic carbocycles. The number of hydrogen-bond donors (Lipinski definition) is 2. The van der Waals surface area contributed by atoms with Gasteiger partial charge in [0, 0.05) is 42.1 Å². The first-order chi connectivity index (χ1) is 15.7. The topological polar surface area (TPSA) is 103 Å². The van der Waals surface area contributed by atoms with E-state index >= 15 is 0 Å². The molecule has 33 heavy (non-hydrogen) atoms. The van der Waals surface area contributed by atoms with E-state index in [1.54, 1.807) is 43.1 Å². The van der Waals surface area contributed by atoms with Crippen LogP contribution in [-0.2, 0) is 10.0 Å². The van der Waals surface area contributed by atoms with Gasteiger partial charge in [-0.25, -0.2) is 18.4 Å². The molecule has 1 saturated heterocycles. The molecule has 3 heterocycles. The fraction of sp³-hybridized carbons (Fsp3) is 0.381. The van der Waals surface area contributed by atoms with Crippen molar-refractivity contribution in [2.24, 2.45) is 0 Å². The van der Waals surface area contributed by atoms with Gasteiger partial charge in [-0.15, -0.1) is 11.8 Å². The Balaban J connectivity index is 1.62. The van der Waals surface area contributed by atoms with Gasteiger partial charge in [-0.05, 0) is 50.6 Å². The van der Waals surface area contributed by atoms with Crippen molar-refractivity contribution in [3.63, 3.8) is 0 Å². The number of thioether (sulfide) groups is 1. The van der Waals surface area contributed by atoms with E-state index in [1.165, 1.54) is 0 Å². The zero-order valence-electron chi connectivity index (χ0n) is 18.6. The molecule has 12 heteroatoms. The number of likely N-dealkylation sites (N-methyl/N-ethyl adjacent to an activating group) is 1. The summed E-state index contributed by atoms with van der Waals surface area (Å²) in [5, 5.41) is 2.98. The van der Waals surface area contributed by atoms with E-state index in [2.05, 4.69) is 41.8 Å². The van der Waals surface area contributed by atoms with Crippen LogP contribution in [0, 0.1) is 0 Å². The van der Waals surface area contributed by atoms with Crippen molar-refractivity contribution in [2.45, 2.75) is 17.2 Å². The molecule has 1 aliphatic rings. The average molecular weight is 508 g/mol. The van der Waals surface area contributed by atoms with E-state index < -0.39 is 15.4 Å². The summed E-state index contributed by atoms with van der Waals surface area (Å²) >= 11 is 7.70. The third-order valence-electron chi connectivity index (χ3n) is 5.48. The Bertz CT molecular complexity index is 1230. The minimum atomic E-state index is -3.75. The summed E-state index contributed by atoms with van der Waals surface area (Å²) in [6, 6.07) is 8.87. The highest BCUT2D eigenvalue weighted by atomic mass is 35.5. The monoisotopic (exact) mass is 507 g/mol. The van der Waals surface area contributed by atoms with Crippen molar-refractivity contribution >= 4 is 61.7 Å². The maximum Gasteiger partial charge on any atom is 0.253 e. The minimum absolute atomic E-state index is 0.281. The van der Waals surface area contributed by atoms with Crippen LogP contribution in [0.25, 0.3) is 10.9 Å². The Morgan fingerprint density at radius 2 is 1.82 bits per heavy atom. The Hall–Kier alpha value is -2.34. The van der Waals surface area contributed by atoms with Crippen LogP contribution in [0.1, 0.15) is 6.92 Å². The van der Waals surface area contributed by atoms with Crippen LogP contribution in [-0.4, -0.2) is 73.1 Å². The summed E-state index contributed by atoms with van der Waals surface area (Å²) < 4.78 is 28.7. The zero-order valence-corrected chi connectivity index (χ0v) is 21.0. The molecule has 4 rings (SSSR count). The Morgan fingerprint density at radius 1 is 1.12 bits per heavy atom. The van der Waals surface area contributed by atoms with Gasteiger partial charge in [0.1, 0.15) is 16.3 Å². The van der Waals surface area contributed by atoms with Crippen LogP contribution in [0.3, 0.4) is 0 Å². The number of nitrogens with one attached hydrogen (secondary N) is 2. The first kappa shape index (κ1) is 23.8. The molecule has 176 valence electrons. The molecule has 0 amide bonds. The van der Waals surface area contributed by atoms with E-state index in [0.29, 0.717) is 28.4 Å². The van der Waals surface area contributed by atoms with Gasteiger partial charge in [0.05, 0.1) is 11.7 Å². The second-order valence-corrected chi connectivity index (χ2v) is 11.1. The van der Waals surface area contributed by atoms with Gasteiger partial charge in [-0.2, -0.15) is 4.98 Å². The number of aromatic nitrogens is 3. The third-order valence-corrected chi connectivity index (χ3v) is 8.00. The molecule has 3 aromatic rings. The number of benzene rings is 1. The van der Waals surface area contributed by atoms with Gasteiger partial charge in [0.2, 0.25) is 5.95 Å². The first-order valence-corrected chi connectivity index (χ1v) is 13.6. The molecule has 0 radical (unpaired) electrons. The van der Waals surface area contributed by atoms with Crippen molar-refractivity contribution in [1.82, 2.24) is 19.9 Å². The standard InChI is InChI=1S/C21H26ClN7O2S2/c1-14(33(30,31)27-15-4-6-16(32-3)7-5-15)24-20-17-12-19(22)23-13-18(17)25-21(26-20)29-10-8-28(2)9-11-29/h4-7,12-14,27H,8-11H2,1-3H3,(H,24,25,26). The van der Waals surface area contributed by atoms with Gasteiger partial charge in [-0.3, -0.25) is 4.72 Å². The van der Waals surface area contributed by atoms with E-state index in [4.69, 9.17) is 11.6 Å². The van der Waals surface area contributed by atoms with E-state index in [1.807, 2.05) is 18.4 Å². The fourth-order valence-electron chi connectivity index (χ4n) is 3.43. The molecule has 0 bridgehead atoms. The highest BCUT2D eigenvalue weighted by molar-refractivity contribution is 7.98. The Kier molecular flexibility index (Phi) is 7.13. The van der Waals surface area contributed by atoms with Crippen LogP contribution in [0.5, 0.6) is 0 Å². The van der Waals surface area contributed by atoms with Crippen LogP contribution in [0.2, 0.25) is 5.15 Å². The molecule has 1 atom stereocenters. The number of anilines is 3. The molecule has 2 N–H and O–H groups in total. The molecule has 1 unspecified atom stereocenters. The van der Waals surface area contributed by atoms with Crippen molar-refractivity contribution in [2.75, 3.05) is 54.4 Å². The van der Waals surface area contributed by atoms with Gasteiger partial charge < -0.3 is 15.1 Å². The second kappa shape index (κ2) is 9.88. The summed E-state index contributed by atoms with van der Waals surface area (Å²) in [7, 11) is -1.68. The lowest BCUT2D eigenvalue weighted by molar-refractivity contribution is 0.311. The minimum Gasteiger partial charge on any atom is -0.352 e. The first-order valence-electron chi connectivity index (χ1n) is 10.4. The normalized spacial score (nSPS) is 16.1. The van der Waals surface area contributed by atoms with Crippen molar-refractivity contribution in [3.8, 4) is 0 Å². The number of pyridine rings is 1. The van der Waals surface area contributed by atoms with Crippen molar-refractivity contribution < 1.29 is 8.42 Å². The maximum atomic E-state index is 13.0. The van der Waals surface area contributed by atoms with Crippen LogP contribution < -0.4 is 14.9 Å². The zero-order chi connectivity index (χ0) is 23.6. The molecule has 0 saturated carbocycles. The number of sulfonamides is 1. The maximum absolute atomic E-state index is 13.0. The Labute approximate surface area is 203 Å². The highest BCUT2D eigenvalue weighted by Crippen LogP contribution is 2.27. The SMILES string of the molecule is CSc1ccc(NS(=O)(=O)C(C)Nc2nc(N3CCN(C)CC3)nc3cnc(Cl)cc23)cc1. The van der Waals surface area contributed by atoms with Crippen LogP contribution in [0.4, 0.5) is 17.5 Å². The van der Waals surface area contributed by atoms with Gasteiger partial charge in [0.15, 0.2) is 0 Å². The third kappa shape index (κ3) is 5.60. The number of hydrogen-bond acceptors (Lipinski definition) is 9. The second-order valence-electron chi connectivity index (χ2n) is 7.85. The summed E-state index contributed by atoms with van der Waals surface area (Å²) in [5.74, 6) is 0.932. The molecule has 1 aliphatic heterocycles. The quantitative estimate of drug-likeness (QED) is 0.368. The largest absolute Gasteiger partial charge is 0.352 e. The fourth-order valence-corrected chi connectivity index (χ4v) is 4.91. The number of halogens is 1. The van der Waals surface area contributed by atoms with E-state index in [9.17, 15) is 8.42 Å². The van der Waals surface area contributed by atoms with Gasteiger partial charge in [-0.1, -0.05) is 11.6 Å². The summed E-state index contributed by atoms with van der Waals surface area (Å²) in [4.78, 5) is 18.8. The lowest BCUT2D eigenvalue weighted by Crippen LogP contribution is -2.45. The van der Waals surface area contributed by atoms with Crippen molar-refractivity contribution in [1.29, 1.82) is 0 Å². The molecule has 1 aromatic carbocycles. The lowest BCUT2D eigenvalue weighted by Gasteiger charge is -2.32. The summed E-state index contributed by atoms with van der Waals surface area (Å²) in [6.45, 7) is 4.93. The number of rotatable bonds is 7. The number of fused-ring (bicyclic) bond motifs is 1. The molecule has 0 spiro atoms. The Morgan fingerprint density at radius 3 is 2.48 bits per heavy atom. The van der Waals surface area contributed by atoms with Crippen molar-refractivity contribution in [3.05, 3.63) is 41.7 Å². The van der Waals surface area contributed by atoms with E-state index in [-0.39, 0.29) is 5.15 Å². The molecule has 9 nitrogen and oxygen atoms in total. The smallest absolute Gasteiger partial charge is 0.253 e. The average Bonchev–Trinajstić information content (AvgIpc) is 2.80. The summed E-state index contributed by atoms with van der Waals surface area (Å²) in [5.41, 5.74) is 1.09. The van der Waals surface area contributed by atoms with Crippen LogP contribution >= 0.6 is 23.4 Å². The van der Waals surface area contributed by atoms with Gasteiger partial charge in [0.25, 0.3) is 10.0 Å². The van der Waals surface area contributed by atoms with Gasteiger partial charge >= 0.3 is 0 Å². The predicted molar refractivity (Wildman–Crippen MR) is 136 cm³/mol. The van der Waals surface area contributed by atoms with Crippen LogP contribution in [0.15, 0.2) is 41.4 Å². The predicted octanol–water partition coefficient (Wildman–Crippen LogP) is 3.35.